The van der Waals surface area contributed by atoms with Gasteiger partial charge in [0.1, 0.15) is 6.61 Å². The number of halogens is 1. The van der Waals surface area contributed by atoms with Crippen LogP contribution in [-0.2, 0) is 10.0 Å². The van der Waals surface area contributed by atoms with Crippen LogP contribution in [0.15, 0.2) is 12.1 Å². The Morgan fingerprint density at radius 1 is 1.56 bits per heavy atom. The molecule has 0 saturated carbocycles. The van der Waals surface area contributed by atoms with Crippen molar-refractivity contribution in [2.75, 3.05) is 19.4 Å². The second-order valence-corrected chi connectivity index (χ2v) is 5.13. The standard InChI is InChI=1S/C10H13FNO3S/c1-8-4-3-5-9(10(8)11)15-7-6-12-16(2,13)14/h3,5,12H,6-7H2,1-2H3. The molecule has 0 aliphatic heterocycles. The predicted octanol–water partition coefficient (Wildman–Crippen LogP) is 0.862. The maximum Gasteiger partial charge on any atom is 0.208 e. The summed E-state index contributed by atoms with van der Waals surface area (Å²) in [5.74, 6) is -0.367. The summed E-state index contributed by atoms with van der Waals surface area (Å²) in [5, 5.41) is 0. The third kappa shape index (κ3) is 4.16. The van der Waals surface area contributed by atoms with Crippen LogP contribution in [0.25, 0.3) is 0 Å². The number of nitrogens with one attached hydrogen (secondary N) is 1. The van der Waals surface area contributed by atoms with Crippen LogP contribution in [0.5, 0.6) is 5.75 Å². The van der Waals surface area contributed by atoms with E-state index in [1.54, 1.807) is 13.0 Å². The summed E-state index contributed by atoms with van der Waals surface area (Å²) in [6, 6.07) is 5.69. The lowest BCUT2D eigenvalue weighted by molar-refractivity contribution is 0.306. The highest BCUT2D eigenvalue weighted by molar-refractivity contribution is 7.88. The lowest BCUT2D eigenvalue weighted by atomic mass is 10.2. The van der Waals surface area contributed by atoms with Gasteiger partial charge in [-0.15, -0.1) is 0 Å². The van der Waals surface area contributed by atoms with Crippen molar-refractivity contribution in [2.45, 2.75) is 6.92 Å². The molecule has 1 rings (SSSR count). The van der Waals surface area contributed by atoms with Crippen molar-refractivity contribution in [2.24, 2.45) is 0 Å². The summed E-state index contributed by atoms with van der Waals surface area (Å²) in [6.45, 7) is 1.76. The number of hydrogen-bond acceptors (Lipinski definition) is 3. The molecule has 4 nitrogen and oxygen atoms in total. The topological polar surface area (TPSA) is 55.4 Å². The minimum Gasteiger partial charge on any atom is -0.489 e. The third-order valence-corrected chi connectivity index (χ3v) is 2.53. The van der Waals surface area contributed by atoms with Gasteiger partial charge in [0.05, 0.1) is 6.26 Å². The van der Waals surface area contributed by atoms with Gasteiger partial charge in [-0.2, -0.15) is 0 Å². The number of sulfonamides is 1. The molecule has 89 valence electrons. The van der Waals surface area contributed by atoms with E-state index in [1.807, 2.05) is 0 Å². The Labute approximate surface area is 94.5 Å². The number of benzene rings is 1. The Bertz CT molecular complexity index is 459. The van der Waals surface area contributed by atoms with Gasteiger partial charge < -0.3 is 4.74 Å². The van der Waals surface area contributed by atoms with E-state index in [0.717, 1.165) is 6.26 Å². The van der Waals surface area contributed by atoms with E-state index in [2.05, 4.69) is 10.8 Å². The lowest BCUT2D eigenvalue weighted by Gasteiger charge is -2.08. The van der Waals surface area contributed by atoms with Crippen LogP contribution in [0.3, 0.4) is 0 Å². The summed E-state index contributed by atoms with van der Waals surface area (Å²) in [4.78, 5) is 0. The molecular formula is C10H13FNO3S. The molecule has 0 amide bonds. The Kier molecular flexibility index (Phi) is 4.26. The maximum absolute atomic E-state index is 13.4. The highest BCUT2D eigenvalue weighted by atomic mass is 32.2. The summed E-state index contributed by atoms with van der Waals surface area (Å²) >= 11 is 0. The zero-order valence-electron chi connectivity index (χ0n) is 9.08. The van der Waals surface area contributed by atoms with Gasteiger partial charge in [0.25, 0.3) is 0 Å². The van der Waals surface area contributed by atoms with Crippen molar-refractivity contribution < 1.29 is 17.5 Å². The first kappa shape index (κ1) is 12.9. The van der Waals surface area contributed by atoms with Gasteiger partial charge in [0.2, 0.25) is 10.0 Å². The third-order valence-electron chi connectivity index (χ3n) is 1.80. The van der Waals surface area contributed by atoms with Crippen LogP contribution in [-0.4, -0.2) is 27.8 Å². The van der Waals surface area contributed by atoms with Crippen LogP contribution in [0.1, 0.15) is 5.56 Å². The number of rotatable bonds is 5. The first-order valence-corrected chi connectivity index (χ1v) is 6.53. The first-order valence-electron chi connectivity index (χ1n) is 4.64. The monoisotopic (exact) mass is 246 g/mol. The highest BCUT2D eigenvalue weighted by Gasteiger charge is 2.06. The fourth-order valence-electron chi connectivity index (χ4n) is 1.06. The molecule has 0 unspecified atom stereocenters. The molecular weight excluding hydrogens is 233 g/mol. The molecule has 6 heteroatoms. The normalized spacial score (nSPS) is 11.4. The van der Waals surface area contributed by atoms with Gasteiger partial charge in [-0.3, -0.25) is 0 Å². The van der Waals surface area contributed by atoms with Crippen molar-refractivity contribution in [1.29, 1.82) is 0 Å². The SMILES string of the molecule is Cc1[c]ccc(OCCNS(C)(=O)=O)c1F. The molecule has 0 heterocycles. The smallest absolute Gasteiger partial charge is 0.208 e. The minimum absolute atomic E-state index is 0.0768. The average Bonchev–Trinajstić information content (AvgIpc) is 2.17. The van der Waals surface area contributed by atoms with E-state index < -0.39 is 15.8 Å². The second-order valence-electron chi connectivity index (χ2n) is 3.30. The maximum atomic E-state index is 13.4. The molecule has 0 aliphatic carbocycles. The fraction of sp³-hybridized carbons (Fsp3) is 0.400. The quantitative estimate of drug-likeness (QED) is 0.784. The van der Waals surface area contributed by atoms with E-state index >= 15 is 0 Å². The van der Waals surface area contributed by atoms with Crippen molar-refractivity contribution >= 4 is 10.0 Å². The van der Waals surface area contributed by atoms with E-state index in [9.17, 15) is 12.8 Å². The summed E-state index contributed by atoms with van der Waals surface area (Å²) < 4.78 is 42.1. The van der Waals surface area contributed by atoms with Gasteiger partial charge in [0, 0.05) is 6.54 Å². The largest absolute Gasteiger partial charge is 0.489 e. The van der Waals surface area contributed by atoms with Gasteiger partial charge in [-0.1, -0.05) is 6.07 Å². The molecule has 0 bridgehead atoms. The van der Waals surface area contributed by atoms with E-state index in [0.29, 0.717) is 5.56 Å². The van der Waals surface area contributed by atoms with Gasteiger partial charge in [-0.25, -0.2) is 17.5 Å². The highest BCUT2D eigenvalue weighted by Crippen LogP contribution is 2.18. The van der Waals surface area contributed by atoms with Crippen molar-refractivity contribution in [1.82, 2.24) is 4.72 Å². The second kappa shape index (κ2) is 5.27. The van der Waals surface area contributed by atoms with E-state index in [4.69, 9.17) is 4.74 Å². The molecule has 0 saturated heterocycles. The molecule has 1 aromatic rings. The minimum atomic E-state index is -3.23. The lowest BCUT2D eigenvalue weighted by Crippen LogP contribution is -2.27. The van der Waals surface area contributed by atoms with Crippen molar-refractivity contribution in [3.05, 3.63) is 29.6 Å². The molecule has 0 aromatic heterocycles. The molecule has 1 N–H and O–H groups in total. The molecule has 0 spiro atoms. The van der Waals surface area contributed by atoms with E-state index in [1.165, 1.54) is 6.07 Å². The first-order chi connectivity index (χ1) is 7.40. The number of aryl methyl sites for hydroxylation is 1. The van der Waals surface area contributed by atoms with Crippen LogP contribution < -0.4 is 9.46 Å². The Balaban J connectivity index is 2.47. The molecule has 1 aromatic carbocycles. The van der Waals surface area contributed by atoms with Gasteiger partial charge in [0.15, 0.2) is 11.6 Å². The molecule has 0 fully saturated rings. The zero-order valence-corrected chi connectivity index (χ0v) is 9.90. The van der Waals surface area contributed by atoms with Crippen molar-refractivity contribution in [3.63, 3.8) is 0 Å². The van der Waals surface area contributed by atoms with Crippen LogP contribution in [0, 0.1) is 18.8 Å². The summed E-state index contributed by atoms with van der Waals surface area (Å²) in [6.07, 6.45) is 1.05. The van der Waals surface area contributed by atoms with Crippen LogP contribution in [0.2, 0.25) is 0 Å². The predicted molar refractivity (Wildman–Crippen MR) is 58.3 cm³/mol. The summed E-state index contributed by atoms with van der Waals surface area (Å²) in [7, 11) is -3.23. The Morgan fingerprint density at radius 2 is 2.25 bits per heavy atom. The van der Waals surface area contributed by atoms with E-state index in [-0.39, 0.29) is 18.9 Å². The zero-order chi connectivity index (χ0) is 12.2. The van der Waals surface area contributed by atoms with Gasteiger partial charge in [-0.05, 0) is 24.6 Å². The fourth-order valence-corrected chi connectivity index (χ4v) is 1.52. The molecule has 1 radical (unpaired) electrons. The number of ether oxygens (including phenoxy) is 1. The molecule has 0 atom stereocenters. The molecule has 16 heavy (non-hydrogen) atoms. The molecule has 0 aliphatic rings. The Hall–Kier alpha value is -1.14. The summed E-state index contributed by atoms with van der Waals surface area (Å²) in [5.41, 5.74) is 0.369. The van der Waals surface area contributed by atoms with Gasteiger partial charge >= 0.3 is 0 Å². The van der Waals surface area contributed by atoms with Crippen molar-refractivity contribution in [3.8, 4) is 5.75 Å². The number of hydrogen-bond donors (Lipinski definition) is 1. The Morgan fingerprint density at radius 3 is 2.88 bits per heavy atom. The van der Waals surface area contributed by atoms with Crippen LogP contribution >= 0.6 is 0 Å². The average molecular weight is 246 g/mol. The van der Waals surface area contributed by atoms with Crippen LogP contribution in [0.4, 0.5) is 4.39 Å².